The van der Waals surface area contributed by atoms with Crippen LogP contribution in [-0.2, 0) is 17.6 Å². The van der Waals surface area contributed by atoms with E-state index < -0.39 is 5.97 Å². The van der Waals surface area contributed by atoms with E-state index in [9.17, 15) is 9.59 Å². The Balaban J connectivity index is 1.73. The third-order valence-corrected chi connectivity index (χ3v) is 3.48. The first-order chi connectivity index (χ1) is 11.5. The largest absolute Gasteiger partial charge is 0.478 e. The molecular formula is C17H21N3O4. The van der Waals surface area contributed by atoms with Crippen molar-refractivity contribution in [1.82, 2.24) is 15.5 Å². The number of carbonyl (C=O) groups excluding carboxylic acids is 1. The number of hydrogen-bond donors (Lipinski definition) is 2. The van der Waals surface area contributed by atoms with Gasteiger partial charge in [0, 0.05) is 25.3 Å². The molecule has 2 N–H and O–H groups in total. The summed E-state index contributed by atoms with van der Waals surface area (Å²) < 4.78 is 5.09. The third kappa shape index (κ3) is 5.19. The Morgan fingerprint density at radius 3 is 2.75 bits per heavy atom. The molecule has 7 heteroatoms. The summed E-state index contributed by atoms with van der Waals surface area (Å²) in [5.41, 5.74) is 1.12. The zero-order valence-electron chi connectivity index (χ0n) is 13.8. The lowest BCUT2D eigenvalue weighted by Crippen LogP contribution is -2.26. The highest BCUT2D eigenvalue weighted by Gasteiger charge is 2.11. The molecule has 1 heterocycles. The van der Waals surface area contributed by atoms with Gasteiger partial charge >= 0.3 is 5.97 Å². The molecular weight excluding hydrogens is 310 g/mol. The van der Waals surface area contributed by atoms with E-state index in [0.29, 0.717) is 31.1 Å². The third-order valence-electron chi connectivity index (χ3n) is 3.48. The summed E-state index contributed by atoms with van der Waals surface area (Å²) in [6.07, 6.45) is 1.25. The van der Waals surface area contributed by atoms with Crippen LogP contribution in [0.1, 0.15) is 53.8 Å². The Labute approximate surface area is 140 Å². The Bertz CT molecular complexity index is 709. The van der Waals surface area contributed by atoms with Gasteiger partial charge in [-0.2, -0.15) is 4.98 Å². The van der Waals surface area contributed by atoms with Crippen molar-refractivity contribution in [3.63, 3.8) is 0 Å². The molecule has 0 radical (unpaired) electrons. The molecule has 0 fully saturated rings. The molecule has 1 aromatic carbocycles. The number of aryl methyl sites for hydroxylation is 1. The second-order valence-corrected chi connectivity index (χ2v) is 5.81. The molecule has 1 amide bonds. The molecule has 0 unspecified atom stereocenters. The summed E-state index contributed by atoms with van der Waals surface area (Å²) in [5.74, 6) is 0.236. The zero-order valence-corrected chi connectivity index (χ0v) is 13.8. The number of carboxylic acids is 1. The molecule has 0 bridgehead atoms. The summed E-state index contributed by atoms with van der Waals surface area (Å²) >= 11 is 0. The van der Waals surface area contributed by atoms with Gasteiger partial charge in [-0.3, -0.25) is 4.79 Å². The average Bonchev–Trinajstić information content (AvgIpc) is 3.02. The molecule has 24 heavy (non-hydrogen) atoms. The van der Waals surface area contributed by atoms with Crippen molar-refractivity contribution in [2.45, 2.75) is 39.0 Å². The Morgan fingerprint density at radius 2 is 2.08 bits per heavy atom. The predicted molar refractivity (Wildman–Crippen MR) is 86.8 cm³/mol. The highest BCUT2D eigenvalue weighted by molar-refractivity contribution is 5.87. The van der Waals surface area contributed by atoms with Gasteiger partial charge in [0.2, 0.25) is 11.8 Å². The van der Waals surface area contributed by atoms with Crippen LogP contribution in [0.25, 0.3) is 0 Å². The lowest BCUT2D eigenvalue weighted by molar-refractivity contribution is -0.121. The minimum atomic E-state index is -0.957. The molecule has 7 nitrogen and oxygen atoms in total. The van der Waals surface area contributed by atoms with Gasteiger partial charge in [0.25, 0.3) is 0 Å². The fraction of sp³-hybridized carbons (Fsp3) is 0.412. The second kappa shape index (κ2) is 8.24. The monoisotopic (exact) mass is 331 g/mol. The van der Waals surface area contributed by atoms with Gasteiger partial charge < -0.3 is 14.9 Å². The lowest BCUT2D eigenvalue weighted by Gasteiger charge is -2.05. The number of nitrogens with one attached hydrogen (secondary N) is 1. The van der Waals surface area contributed by atoms with E-state index in [-0.39, 0.29) is 23.8 Å². The van der Waals surface area contributed by atoms with E-state index in [0.717, 1.165) is 5.56 Å². The fourth-order valence-corrected chi connectivity index (χ4v) is 2.12. The second-order valence-electron chi connectivity index (χ2n) is 5.81. The van der Waals surface area contributed by atoms with Crippen molar-refractivity contribution in [3.05, 3.63) is 47.1 Å². The molecule has 128 valence electrons. The van der Waals surface area contributed by atoms with E-state index in [1.54, 1.807) is 18.2 Å². The number of hydrogen-bond acceptors (Lipinski definition) is 5. The topological polar surface area (TPSA) is 105 Å². The number of aromatic carboxylic acids is 1. The fourth-order valence-electron chi connectivity index (χ4n) is 2.12. The highest BCUT2D eigenvalue weighted by atomic mass is 16.5. The van der Waals surface area contributed by atoms with Gasteiger partial charge in [0.15, 0.2) is 5.82 Å². The smallest absolute Gasteiger partial charge is 0.335 e. The standard InChI is InChI=1S/C17H21N3O4/c1-11(2)16-19-15(24-20-16)7-6-14(21)18-9-8-12-4-3-5-13(10-12)17(22)23/h3-5,10-11H,6-9H2,1-2H3,(H,18,21)(H,22,23). The Kier molecular flexibility index (Phi) is 6.06. The van der Waals surface area contributed by atoms with Gasteiger partial charge in [0.1, 0.15) is 0 Å². The number of rotatable bonds is 8. The maximum atomic E-state index is 11.8. The van der Waals surface area contributed by atoms with Crippen molar-refractivity contribution in [2.75, 3.05) is 6.54 Å². The van der Waals surface area contributed by atoms with Gasteiger partial charge in [-0.15, -0.1) is 0 Å². The normalized spacial score (nSPS) is 10.8. The number of amides is 1. The van der Waals surface area contributed by atoms with Crippen LogP contribution in [0.2, 0.25) is 0 Å². The first-order valence-corrected chi connectivity index (χ1v) is 7.87. The molecule has 0 saturated heterocycles. The number of nitrogens with zero attached hydrogens (tertiary/aromatic N) is 2. The van der Waals surface area contributed by atoms with Crippen LogP contribution in [-0.4, -0.2) is 33.7 Å². The minimum absolute atomic E-state index is 0.103. The molecule has 2 aromatic rings. The number of carbonyl (C=O) groups is 2. The van der Waals surface area contributed by atoms with Crippen LogP contribution in [0.5, 0.6) is 0 Å². The summed E-state index contributed by atoms with van der Waals surface area (Å²) in [6.45, 7) is 4.39. The Morgan fingerprint density at radius 1 is 1.29 bits per heavy atom. The maximum absolute atomic E-state index is 11.8. The van der Waals surface area contributed by atoms with Crippen LogP contribution < -0.4 is 5.32 Å². The Hall–Kier alpha value is -2.70. The van der Waals surface area contributed by atoms with Gasteiger partial charge in [-0.25, -0.2) is 4.79 Å². The van der Waals surface area contributed by atoms with E-state index >= 15 is 0 Å². The van der Waals surface area contributed by atoms with Crippen molar-refractivity contribution in [1.29, 1.82) is 0 Å². The van der Waals surface area contributed by atoms with Gasteiger partial charge in [0.05, 0.1) is 5.56 Å². The molecule has 0 aliphatic carbocycles. The quantitative estimate of drug-likeness (QED) is 0.768. The van der Waals surface area contributed by atoms with Gasteiger partial charge in [-0.05, 0) is 24.1 Å². The first kappa shape index (κ1) is 17.7. The van der Waals surface area contributed by atoms with Crippen LogP contribution in [0.15, 0.2) is 28.8 Å². The van der Waals surface area contributed by atoms with Crippen molar-refractivity contribution in [2.24, 2.45) is 0 Å². The molecule has 0 aliphatic rings. The molecule has 0 atom stereocenters. The van der Waals surface area contributed by atoms with E-state index in [2.05, 4.69) is 15.5 Å². The highest BCUT2D eigenvalue weighted by Crippen LogP contribution is 2.10. The van der Waals surface area contributed by atoms with Gasteiger partial charge in [-0.1, -0.05) is 31.1 Å². The lowest BCUT2D eigenvalue weighted by atomic mass is 10.1. The maximum Gasteiger partial charge on any atom is 0.335 e. The molecule has 1 aromatic heterocycles. The molecule has 0 aliphatic heterocycles. The summed E-state index contributed by atoms with van der Waals surface area (Å²) in [4.78, 5) is 27.0. The SMILES string of the molecule is CC(C)c1noc(CCC(=O)NCCc2cccc(C(=O)O)c2)n1. The summed E-state index contributed by atoms with van der Waals surface area (Å²) in [6, 6.07) is 6.69. The average molecular weight is 331 g/mol. The van der Waals surface area contributed by atoms with E-state index in [1.807, 2.05) is 19.9 Å². The summed E-state index contributed by atoms with van der Waals surface area (Å²) in [7, 11) is 0. The van der Waals surface area contributed by atoms with Crippen molar-refractivity contribution < 1.29 is 19.2 Å². The minimum Gasteiger partial charge on any atom is -0.478 e. The van der Waals surface area contributed by atoms with Crippen LogP contribution in [0, 0.1) is 0 Å². The van der Waals surface area contributed by atoms with Crippen LogP contribution in [0.3, 0.4) is 0 Å². The van der Waals surface area contributed by atoms with E-state index in [4.69, 9.17) is 9.63 Å². The molecule has 0 spiro atoms. The van der Waals surface area contributed by atoms with Crippen molar-refractivity contribution >= 4 is 11.9 Å². The molecule has 2 rings (SSSR count). The van der Waals surface area contributed by atoms with E-state index in [1.165, 1.54) is 0 Å². The number of aromatic nitrogens is 2. The van der Waals surface area contributed by atoms with Crippen molar-refractivity contribution in [3.8, 4) is 0 Å². The summed E-state index contributed by atoms with van der Waals surface area (Å²) in [5, 5.41) is 15.6. The zero-order chi connectivity index (χ0) is 17.5. The molecule has 0 saturated carbocycles. The number of benzene rings is 1. The predicted octanol–water partition coefficient (Wildman–Crippen LogP) is 2.18. The van der Waals surface area contributed by atoms with Crippen LogP contribution >= 0.6 is 0 Å². The first-order valence-electron chi connectivity index (χ1n) is 7.87. The van der Waals surface area contributed by atoms with Crippen LogP contribution in [0.4, 0.5) is 0 Å². The number of carboxylic acid groups (broad SMARTS) is 1.